The monoisotopic (exact) mass is 346 g/mol. The van der Waals surface area contributed by atoms with Crippen LogP contribution in [0, 0.1) is 0 Å². The first-order chi connectivity index (χ1) is 11.5. The molecule has 0 bridgehead atoms. The number of amides is 4. The molecule has 24 heavy (non-hydrogen) atoms. The fraction of sp³-hybridized carbons (Fsp3) is 0.375. The third-order valence-corrected chi connectivity index (χ3v) is 4.73. The standard InChI is InChI=1S/C16H18N4O3S/c1-3-8-19-14(21)15(22)20(16(19)23)10-18(2)9-13-17-11-6-4-5-7-12(11)24-13/h4-7H,3,8-10H2,1-2H3. The first kappa shape index (κ1) is 16.5. The van der Waals surface area contributed by atoms with Gasteiger partial charge in [-0.15, -0.1) is 11.3 Å². The Morgan fingerprint density at radius 3 is 2.54 bits per heavy atom. The molecule has 1 saturated heterocycles. The highest BCUT2D eigenvalue weighted by atomic mass is 32.1. The lowest BCUT2D eigenvalue weighted by Gasteiger charge is -2.21. The number of carbonyl (C=O) groups excluding carboxylic acids is 3. The van der Waals surface area contributed by atoms with E-state index in [1.54, 1.807) is 23.3 Å². The predicted octanol–water partition coefficient (Wildman–Crippen LogP) is 1.89. The van der Waals surface area contributed by atoms with E-state index >= 15 is 0 Å². The normalized spacial score (nSPS) is 15.4. The lowest BCUT2D eigenvalue weighted by atomic mass is 10.3. The number of nitrogens with zero attached hydrogens (tertiary/aromatic N) is 4. The quantitative estimate of drug-likeness (QED) is 0.590. The molecule has 0 N–H and O–H groups in total. The topological polar surface area (TPSA) is 73.8 Å². The van der Waals surface area contributed by atoms with Gasteiger partial charge in [0, 0.05) is 6.54 Å². The number of hydrogen-bond acceptors (Lipinski definition) is 6. The van der Waals surface area contributed by atoms with E-state index in [9.17, 15) is 14.4 Å². The van der Waals surface area contributed by atoms with Gasteiger partial charge < -0.3 is 0 Å². The highest BCUT2D eigenvalue weighted by Gasteiger charge is 2.44. The summed E-state index contributed by atoms with van der Waals surface area (Å²) in [5.41, 5.74) is 0.934. The van der Waals surface area contributed by atoms with E-state index in [2.05, 4.69) is 4.98 Å². The molecule has 1 aromatic carbocycles. The van der Waals surface area contributed by atoms with Gasteiger partial charge in [0.15, 0.2) is 0 Å². The average molecular weight is 346 g/mol. The molecule has 0 atom stereocenters. The maximum absolute atomic E-state index is 12.2. The van der Waals surface area contributed by atoms with Crippen LogP contribution in [0.2, 0.25) is 0 Å². The van der Waals surface area contributed by atoms with Crippen molar-refractivity contribution in [3.63, 3.8) is 0 Å². The van der Waals surface area contributed by atoms with Crippen LogP contribution in [0.5, 0.6) is 0 Å². The van der Waals surface area contributed by atoms with Gasteiger partial charge in [0.2, 0.25) is 0 Å². The summed E-state index contributed by atoms with van der Waals surface area (Å²) in [6.45, 7) is 2.69. The fourth-order valence-electron chi connectivity index (χ4n) is 2.61. The first-order valence-electron chi connectivity index (χ1n) is 7.71. The molecular formula is C16H18N4O3S. The Morgan fingerprint density at radius 2 is 1.83 bits per heavy atom. The van der Waals surface area contributed by atoms with E-state index in [1.165, 1.54) is 0 Å². The van der Waals surface area contributed by atoms with Gasteiger partial charge in [-0.05, 0) is 25.6 Å². The number of urea groups is 1. The Morgan fingerprint density at radius 1 is 1.12 bits per heavy atom. The Balaban J connectivity index is 1.68. The number of rotatable bonds is 6. The predicted molar refractivity (Wildman–Crippen MR) is 90.2 cm³/mol. The number of hydrogen-bond donors (Lipinski definition) is 0. The molecule has 0 unspecified atom stereocenters. The van der Waals surface area contributed by atoms with Crippen molar-refractivity contribution in [1.82, 2.24) is 19.7 Å². The van der Waals surface area contributed by atoms with E-state index in [4.69, 9.17) is 0 Å². The Labute approximate surface area is 143 Å². The van der Waals surface area contributed by atoms with Crippen LogP contribution in [-0.2, 0) is 16.1 Å². The van der Waals surface area contributed by atoms with Gasteiger partial charge in [0.05, 0.1) is 23.4 Å². The summed E-state index contributed by atoms with van der Waals surface area (Å²) in [6, 6.07) is 7.31. The van der Waals surface area contributed by atoms with E-state index in [0.717, 1.165) is 25.0 Å². The number of para-hydroxylation sites is 1. The Bertz CT molecular complexity index is 770. The molecule has 2 heterocycles. The fourth-order valence-corrected chi connectivity index (χ4v) is 3.65. The van der Waals surface area contributed by atoms with Gasteiger partial charge >= 0.3 is 17.8 Å². The molecule has 3 rings (SSSR count). The van der Waals surface area contributed by atoms with E-state index in [-0.39, 0.29) is 13.2 Å². The minimum Gasteiger partial charge on any atom is -0.282 e. The van der Waals surface area contributed by atoms with Crippen LogP contribution in [0.15, 0.2) is 24.3 Å². The number of aromatic nitrogens is 1. The minimum atomic E-state index is -0.760. The van der Waals surface area contributed by atoms with Crippen molar-refractivity contribution in [1.29, 1.82) is 0 Å². The number of imide groups is 2. The van der Waals surface area contributed by atoms with Gasteiger partial charge in [-0.2, -0.15) is 0 Å². The van der Waals surface area contributed by atoms with E-state index in [1.807, 2.05) is 31.2 Å². The Hall–Kier alpha value is -2.32. The molecule has 0 spiro atoms. The zero-order chi connectivity index (χ0) is 17.3. The SMILES string of the molecule is CCCN1C(=O)C(=O)N(CN(C)Cc2nc3ccccc3s2)C1=O. The first-order valence-corrected chi connectivity index (χ1v) is 8.53. The molecule has 126 valence electrons. The largest absolute Gasteiger partial charge is 0.335 e. The van der Waals surface area contributed by atoms with Crippen molar-refractivity contribution in [2.75, 3.05) is 20.3 Å². The third-order valence-electron chi connectivity index (χ3n) is 3.71. The van der Waals surface area contributed by atoms with Crippen LogP contribution < -0.4 is 0 Å². The third kappa shape index (κ3) is 3.02. The smallest absolute Gasteiger partial charge is 0.282 e. The summed E-state index contributed by atoms with van der Waals surface area (Å²) in [4.78, 5) is 44.4. The van der Waals surface area contributed by atoms with Crippen LogP contribution >= 0.6 is 11.3 Å². The van der Waals surface area contributed by atoms with Crippen LogP contribution in [0.1, 0.15) is 18.4 Å². The van der Waals surface area contributed by atoms with E-state index < -0.39 is 17.8 Å². The lowest BCUT2D eigenvalue weighted by molar-refractivity contribution is -0.143. The summed E-state index contributed by atoms with van der Waals surface area (Å²) in [5, 5.41) is 0.898. The molecule has 0 aliphatic carbocycles. The second-order valence-electron chi connectivity index (χ2n) is 5.70. The Kier molecular flexibility index (Phi) is 4.59. The summed E-state index contributed by atoms with van der Waals surface area (Å²) in [5.74, 6) is -1.50. The van der Waals surface area contributed by atoms with Gasteiger partial charge in [-0.3, -0.25) is 19.4 Å². The molecule has 0 saturated carbocycles. The molecule has 7 nitrogen and oxygen atoms in total. The van der Waals surface area contributed by atoms with Crippen molar-refractivity contribution < 1.29 is 14.4 Å². The zero-order valence-electron chi connectivity index (χ0n) is 13.6. The molecule has 4 amide bonds. The van der Waals surface area contributed by atoms with Gasteiger partial charge in [0.1, 0.15) is 5.01 Å². The molecule has 1 fully saturated rings. The highest BCUT2D eigenvalue weighted by molar-refractivity contribution is 7.18. The number of thiazole rings is 1. The zero-order valence-corrected chi connectivity index (χ0v) is 14.4. The molecule has 1 aliphatic rings. The molecular weight excluding hydrogens is 328 g/mol. The molecule has 1 aliphatic heterocycles. The maximum atomic E-state index is 12.2. The van der Waals surface area contributed by atoms with Gasteiger partial charge in [-0.25, -0.2) is 14.7 Å². The summed E-state index contributed by atoms with van der Waals surface area (Å²) >= 11 is 1.58. The number of carbonyl (C=O) groups is 3. The lowest BCUT2D eigenvalue weighted by Crippen LogP contribution is -2.40. The van der Waals surface area contributed by atoms with Crippen molar-refractivity contribution in [3.8, 4) is 0 Å². The van der Waals surface area contributed by atoms with Crippen molar-refractivity contribution in [2.24, 2.45) is 0 Å². The number of fused-ring (bicyclic) bond motifs is 1. The number of benzene rings is 1. The summed E-state index contributed by atoms with van der Waals surface area (Å²) in [7, 11) is 1.79. The van der Waals surface area contributed by atoms with Crippen LogP contribution in [0.25, 0.3) is 10.2 Å². The van der Waals surface area contributed by atoms with Crippen LogP contribution in [-0.4, -0.2) is 57.8 Å². The maximum Gasteiger partial charge on any atom is 0.335 e. The highest BCUT2D eigenvalue weighted by Crippen LogP contribution is 2.22. The van der Waals surface area contributed by atoms with Crippen molar-refractivity contribution in [2.45, 2.75) is 19.9 Å². The second kappa shape index (κ2) is 6.66. The van der Waals surface area contributed by atoms with Crippen LogP contribution in [0.4, 0.5) is 4.79 Å². The van der Waals surface area contributed by atoms with Crippen LogP contribution in [0.3, 0.4) is 0 Å². The summed E-state index contributed by atoms with van der Waals surface area (Å²) < 4.78 is 1.10. The molecule has 0 radical (unpaired) electrons. The molecule has 2 aromatic rings. The minimum absolute atomic E-state index is 0.0690. The molecule has 8 heteroatoms. The van der Waals surface area contributed by atoms with E-state index in [0.29, 0.717) is 13.0 Å². The average Bonchev–Trinajstić information content (AvgIpc) is 3.04. The van der Waals surface area contributed by atoms with Gasteiger partial charge in [0.25, 0.3) is 0 Å². The van der Waals surface area contributed by atoms with Gasteiger partial charge in [-0.1, -0.05) is 19.1 Å². The van der Waals surface area contributed by atoms with Crippen molar-refractivity contribution >= 4 is 39.4 Å². The molecule has 1 aromatic heterocycles. The van der Waals surface area contributed by atoms with Crippen molar-refractivity contribution in [3.05, 3.63) is 29.3 Å². The summed E-state index contributed by atoms with van der Waals surface area (Å²) in [6.07, 6.45) is 0.625. The second-order valence-corrected chi connectivity index (χ2v) is 6.82.